The summed E-state index contributed by atoms with van der Waals surface area (Å²) in [4.78, 5) is 0. The third kappa shape index (κ3) is 3.59. The average molecular weight is 320 g/mol. The molecule has 7 heteroatoms. The molecule has 0 aromatic heterocycles. The summed E-state index contributed by atoms with van der Waals surface area (Å²) in [6.45, 7) is 6.36. The van der Waals surface area contributed by atoms with E-state index in [1.807, 2.05) is 13.8 Å². The van der Waals surface area contributed by atoms with Gasteiger partial charge in [0.2, 0.25) is 0 Å². The molecule has 2 rings (SSSR count). The molecule has 2 heterocycles. The minimum Gasteiger partial charge on any atom is -0.378 e. The molecule has 6 nitrogen and oxygen atoms in total. The Balaban J connectivity index is 2.19. The molecule has 2 aliphatic rings. The van der Waals surface area contributed by atoms with Gasteiger partial charge < -0.3 is 9.47 Å². The van der Waals surface area contributed by atoms with Crippen LogP contribution in [0, 0.1) is 5.41 Å². The van der Waals surface area contributed by atoms with Crippen molar-refractivity contribution in [2.75, 3.05) is 40.4 Å². The van der Waals surface area contributed by atoms with Crippen LogP contribution in [-0.4, -0.2) is 69.6 Å². The average Bonchev–Trinajstić information content (AvgIpc) is 2.44. The molecule has 2 saturated heterocycles. The lowest BCUT2D eigenvalue weighted by Crippen LogP contribution is -2.59. The predicted molar refractivity (Wildman–Crippen MR) is 81.3 cm³/mol. The van der Waals surface area contributed by atoms with E-state index in [1.165, 1.54) is 4.31 Å². The van der Waals surface area contributed by atoms with Gasteiger partial charge in [0.05, 0.1) is 18.8 Å². The van der Waals surface area contributed by atoms with E-state index in [-0.39, 0.29) is 17.6 Å². The fourth-order valence-corrected chi connectivity index (χ4v) is 4.44. The topological polar surface area (TPSA) is 59.1 Å². The van der Waals surface area contributed by atoms with Crippen molar-refractivity contribution in [2.24, 2.45) is 5.41 Å². The van der Waals surface area contributed by atoms with Crippen LogP contribution in [0.1, 0.15) is 33.1 Å². The maximum absolute atomic E-state index is 12.4. The third-order valence-corrected chi connectivity index (χ3v) is 6.33. The number of hydrogen-bond donors (Lipinski definition) is 0. The van der Waals surface area contributed by atoms with Crippen LogP contribution < -0.4 is 0 Å². The Morgan fingerprint density at radius 3 is 2.76 bits per heavy atom. The molecule has 21 heavy (non-hydrogen) atoms. The number of fused-ring (bicyclic) bond motifs is 1. The van der Waals surface area contributed by atoms with E-state index in [4.69, 9.17) is 9.47 Å². The highest BCUT2D eigenvalue weighted by molar-refractivity contribution is 7.86. The number of nitrogens with zero attached hydrogens (tertiary/aromatic N) is 2. The van der Waals surface area contributed by atoms with Gasteiger partial charge in [-0.15, -0.1) is 0 Å². The van der Waals surface area contributed by atoms with E-state index in [0.717, 1.165) is 25.9 Å². The van der Waals surface area contributed by atoms with Crippen LogP contribution in [0.2, 0.25) is 0 Å². The fourth-order valence-electron chi connectivity index (χ4n) is 3.22. The molecule has 0 aliphatic carbocycles. The van der Waals surface area contributed by atoms with Crippen LogP contribution in [-0.2, 0) is 19.7 Å². The van der Waals surface area contributed by atoms with Crippen molar-refractivity contribution in [3.05, 3.63) is 0 Å². The Bertz CT molecular complexity index is 452. The molecule has 0 aromatic carbocycles. The molecule has 0 spiro atoms. The van der Waals surface area contributed by atoms with Crippen molar-refractivity contribution in [3.8, 4) is 0 Å². The van der Waals surface area contributed by atoms with Crippen LogP contribution in [0.5, 0.6) is 0 Å². The van der Waals surface area contributed by atoms with Crippen molar-refractivity contribution in [3.63, 3.8) is 0 Å². The minimum absolute atomic E-state index is 0.110. The molecular weight excluding hydrogens is 292 g/mol. The van der Waals surface area contributed by atoms with Gasteiger partial charge >= 0.3 is 0 Å². The Hall–Kier alpha value is -0.210. The van der Waals surface area contributed by atoms with Gasteiger partial charge in [-0.25, -0.2) is 0 Å². The van der Waals surface area contributed by atoms with E-state index < -0.39 is 10.2 Å². The van der Waals surface area contributed by atoms with Crippen molar-refractivity contribution in [1.82, 2.24) is 8.61 Å². The van der Waals surface area contributed by atoms with Crippen molar-refractivity contribution < 1.29 is 17.9 Å². The number of ether oxygens (including phenoxy) is 2. The zero-order valence-corrected chi connectivity index (χ0v) is 14.4. The Morgan fingerprint density at radius 1 is 1.43 bits per heavy atom. The smallest absolute Gasteiger partial charge is 0.281 e. The summed E-state index contributed by atoms with van der Waals surface area (Å²) >= 11 is 0. The van der Waals surface area contributed by atoms with Crippen LogP contribution in [0.3, 0.4) is 0 Å². The molecule has 2 unspecified atom stereocenters. The van der Waals surface area contributed by atoms with Gasteiger partial charge in [0.25, 0.3) is 10.2 Å². The summed E-state index contributed by atoms with van der Waals surface area (Å²) in [6, 6.07) is 0. The largest absolute Gasteiger partial charge is 0.378 e. The molecule has 0 saturated carbocycles. The van der Waals surface area contributed by atoms with Crippen LogP contribution in [0.25, 0.3) is 0 Å². The van der Waals surface area contributed by atoms with Gasteiger partial charge in [-0.2, -0.15) is 17.0 Å². The monoisotopic (exact) mass is 320 g/mol. The standard InChI is InChI=1S/C14H28N2O4S/c1-12(2)20-11-14-7-5-9-19-13(14)6-8-16(10-14)21(17,18)15(3)4/h12-13H,5-11H2,1-4H3. The number of hydrogen-bond acceptors (Lipinski definition) is 4. The first-order valence-electron chi connectivity index (χ1n) is 7.69. The molecule has 2 fully saturated rings. The van der Waals surface area contributed by atoms with E-state index in [2.05, 4.69) is 0 Å². The van der Waals surface area contributed by atoms with E-state index in [0.29, 0.717) is 19.7 Å². The second-order valence-corrected chi connectivity index (χ2v) is 8.74. The molecule has 0 amide bonds. The molecule has 0 radical (unpaired) electrons. The molecular formula is C14H28N2O4S. The highest BCUT2D eigenvalue weighted by atomic mass is 32.2. The molecule has 2 aliphatic heterocycles. The number of rotatable bonds is 5. The van der Waals surface area contributed by atoms with Gasteiger partial charge in [0.15, 0.2) is 0 Å². The molecule has 124 valence electrons. The Morgan fingerprint density at radius 2 is 2.14 bits per heavy atom. The van der Waals surface area contributed by atoms with Crippen LogP contribution in [0.4, 0.5) is 0 Å². The lowest BCUT2D eigenvalue weighted by Gasteiger charge is -2.50. The second-order valence-electron chi connectivity index (χ2n) is 6.60. The first kappa shape index (κ1) is 17.1. The SMILES string of the molecule is CC(C)OCC12CCCOC1CCN(S(=O)(=O)N(C)C)C2. The van der Waals surface area contributed by atoms with Gasteiger partial charge in [0, 0.05) is 39.2 Å². The molecule has 0 bridgehead atoms. The van der Waals surface area contributed by atoms with E-state index in [9.17, 15) is 8.42 Å². The van der Waals surface area contributed by atoms with Crippen LogP contribution >= 0.6 is 0 Å². The quantitative estimate of drug-likeness (QED) is 0.761. The second kappa shape index (κ2) is 6.50. The van der Waals surface area contributed by atoms with E-state index in [1.54, 1.807) is 18.4 Å². The predicted octanol–water partition coefficient (Wildman–Crippen LogP) is 1.09. The lowest BCUT2D eigenvalue weighted by molar-refractivity contribution is -0.148. The molecule has 2 atom stereocenters. The third-order valence-electron chi connectivity index (χ3n) is 4.44. The van der Waals surface area contributed by atoms with Gasteiger partial charge in [0.1, 0.15) is 0 Å². The molecule has 0 aromatic rings. The van der Waals surface area contributed by atoms with Crippen molar-refractivity contribution >= 4 is 10.2 Å². The molecule has 0 N–H and O–H groups in total. The first-order chi connectivity index (χ1) is 9.78. The highest BCUT2D eigenvalue weighted by Gasteiger charge is 2.49. The first-order valence-corrected chi connectivity index (χ1v) is 9.08. The summed E-state index contributed by atoms with van der Waals surface area (Å²) in [5, 5.41) is 0. The summed E-state index contributed by atoms with van der Waals surface area (Å²) in [7, 11) is -0.213. The van der Waals surface area contributed by atoms with Crippen LogP contribution in [0.15, 0.2) is 0 Å². The van der Waals surface area contributed by atoms with Gasteiger partial charge in [-0.3, -0.25) is 0 Å². The van der Waals surface area contributed by atoms with Crippen molar-refractivity contribution in [2.45, 2.75) is 45.3 Å². The van der Waals surface area contributed by atoms with Crippen molar-refractivity contribution in [1.29, 1.82) is 0 Å². The zero-order chi connectivity index (χ0) is 15.7. The fraction of sp³-hybridized carbons (Fsp3) is 1.00. The van der Waals surface area contributed by atoms with Gasteiger partial charge in [-0.1, -0.05) is 0 Å². The Kier molecular flexibility index (Phi) is 5.31. The maximum Gasteiger partial charge on any atom is 0.281 e. The summed E-state index contributed by atoms with van der Waals surface area (Å²) in [6.07, 6.45) is 2.92. The normalized spacial score (nSPS) is 31.6. The minimum atomic E-state index is -3.37. The highest BCUT2D eigenvalue weighted by Crippen LogP contribution is 2.41. The summed E-state index contributed by atoms with van der Waals surface area (Å²) < 4.78 is 39.5. The summed E-state index contributed by atoms with van der Waals surface area (Å²) in [5.74, 6) is 0. The van der Waals surface area contributed by atoms with Gasteiger partial charge in [-0.05, 0) is 33.1 Å². The maximum atomic E-state index is 12.4. The lowest BCUT2D eigenvalue weighted by atomic mass is 9.73. The zero-order valence-electron chi connectivity index (χ0n) is 13.5. The Labute approximate surface area is 128 Å². The summed E-state index contributed by atoms with van der Waals surface area (Å²) in [5.41, 5.74) is -0.205. The van der Waals surface area contributed by atoms with E-state index >= 15 is 0 Å². The number of piperidine rings is 1.